The van der Waals surface area contributed by atoms with Gasteiger partial charge in [0.1, 0.15) is 11.6 Å². The standard InChI is InChI=1S/C15H9Br2F2NS/c16-7-4-11(18)13(12(19)5-7)14(20)9-6-21-15-8(9)2-1-3-10(15)17/h1-6,14H,20H2. The molecule has 1 aromatic heterocycles. The molecule has 2 aromatic carbocycles. The number of fused-ring (bicyclic) bond motifs is 1. The van der Waals surface area contributed by atoms with Gasteiger partial charge < -0.3 is 5.73 Å². The summed E-state index contributed by atoms with van der Waals surface area (Å²) in [6.45, 7) is 0. The van der Waals surface area contributed by atoms with Crippen molar-refractivity contribution in [1.29, 1.82) is 0 Å². The van der Waals surface area contributed by atoms with E-state index in [2.05, 4.69) is 31.9 Å². The first-order chi connectivity index (χ1) is 9.99. The van der Waals surface area contributed by atoms with E-state index in [1.807, 2.05) is 23.6 Å². The molecule has 0 aliphatic carbocycles. The van der Waals surface area contributed by atoms with Crippen LogP contribution in [0, 0.1) is 11.6 Å². The van der Waals surface area contributed by atoms with Crippen LogP contribution in [0.25, 0.3) is 10.1 Å². The quantitative estimate of drug-likeness (QED) is 0.547. The van der Waals surface area contributed by atoms with Gasteiger partial charge in [0.25, 0.3) is 0 Å². The van der Waals surface area contributed by atoms with Gasteiger partial charge in [0, 0.05) is 19.2 Å². The third kappa shape index (κ3) is 2.65. The van der Waals surface area contributed by atoms with Crippen molar-refractivity contribution in [3.05, 3.63) is 67.4 Å². The van der Waals surface area contributed by atoms with Crippen LogP contribution in [0.2, 0.25) is 0 Å². The Morgan fingerprint density at radius 1 is 1.10 bits per heavy atom. The highest BCUT2D eigenvalue weighted by molar-refractivity contribution is 9.11. The predicted molar refractivity (Wildman–Crippen MR) is 89.6 cm³/mol. The van der Waals surface area contributed by atoms with Crippen LogP contribution in [0.1, 0.15) is 17.2 Å². The topological polar surface area (TPSA) is 26.0 Å². The summed E-state index contributed by atoms with van der Waals surface area (Å²) < 4.78 is 30.5. The number of nitrogens with two attached hydrogens (primary N) is 1. The summed E-state index contributed by atoms with van der Waals surface area (Å²) in [5, 5.41) is 2.75. The van der Waals surface area contributed by atoms with Crippen LogP contribution in [-0.4, -0.2) is 0 Å². The molecule has 0 fully saturated rings. The summed E-state index contributed by atoms with van der Waals surface area (Å²) in [6.07, 6.45) is 0. The molecule has 3 aromatic rings. The second kappa shape index (κ2) is 5.76. The van der Waals surface area contributed by atoms with Crippen LogP contribution < -0.4 is 5.73 Å². The van der Waals surface area contributed by atoms with Crippen molar-refractivity contribution in [3.63, 3.8) is 0 Å². The molecule has 0 radical (unpaired) electrons. The summed E-state index contributed by atoms with van der Waals surface area (Å²) in [5.41, 5.74) is 6.73. The Bertz CT molecular complexity index is 809. The van der Waals surface area contributed by atoms with Crippen LogP contribution in [0.3, 0.4) is 0 Å². The molecule has 0 spiro atoms. The highest BCUT2D eigenvalue weighted by atomic mass is 79.9. The molecule has 21 heavy (non-hydrogen) atoms. The van der Waals surface area contributed by atoms with E-state index in [1.165, 1.54) is 23.5 Å². The number of hydrogen-bond acceptors (Lipinski definition) is 2. The molecule has 1 atom stereocenters. The Morgan fingerprint density at radius 3 is 2.43 bits per heavy atom. The van der Waals surface area contributed by atoms with E-state index >= 15 is 0 Å². The molecule has 0 aliphatic rings. The van der Waals surface area contributed by atoms with E-state index in [0.717, 1.165) is 20.1 Å². The normalized spacial score (nSPS) is 12.8. The SMILES string of the molecule is NC(c1c(F)cc(Br)cc1F)c1csc2c(Br)cccc12. The van der Waals surface area contributed by atoms with Crippen molar-refractivity contribution in [2.45, 2.75) is 6.04 Å². The zero-order chi connectivity index (χ0) is 15.1. The fraction of sp³-hybridized carbons (Fsp3) is 0.0667. The van der Waals surface area contributed by atoms with E-state index in [9.17, 15) is 8.78 Å². The molecular formula is C15H9Br2F2NS. The maximum Gasteiger partial charge on any atom is 0.132 e. The van der Waals surface area contributed by atoms with Crippen molar-refractivity contribution >= 4 is 53.3 Å². The minimum absolute atomic E-state index is 0.113. The van der Waals surface area contributed by atoms with Gasteiger partial charge in [-0.3, -0.25) is 0 Å². The van der Waals surface area contributed by atoms with Gasteiger partial charge in [0.15, 0.2) is 0 Å². The molecule has 0 bridgehead atoms. The zero-order valence-electron chi connectivity index (χ0n) is 10.5. The van der Waals surface area contributed by atoms with Crippen LogP contribution >= 0.6 is 43.2 Å². The van der Waals surface area contributed by atoms with Crippen molar-refractivity contribution in [1.82, 2.24) is 0 Å². The minimum atomic E-state index is -0.846. The van der Waals surface area contributed by atoms with Gasteiger partial charge in [-0.1, -0.05) is 28.1 Å². The van der Waals surface area contributed by atoms with Gasteiger partial charge in [-0.25, -0.2) is 8.78 Å². The monoisotopic (exact) mass is 431 g/mol. The first-order valence-corrected chi connectivity index (χ1v) is 8.51. The third-order valence-electron chi connectivity index (χ3n) is 3.27. The van der Waals surface area contributed by atoms with Crippen LogP contribution in [0.5, 0.6) is 0 Å². The minimum Gasteiger partial charge on any atom is -0.320 e. The molecular weight excluding hydrogens is 424 g/mol. The first kappa shape index (κ1) is 15.1. The molecule has 3 rings (SSSR count). The van der Waals surface area contributed by atoms with E-state index in [-0.39, 0.29) is 5.56 Å². The molecule has 0 amide bonds. The van der Waals surface area contributed by atoms with Gasteiger partial charge >= 0.3 is 0 Å². The van der Waals surface area contributed by atoms with Crippen molar-refractivity contribution in [3.8, 4) is 0 Å². The first-order valence-electron chi connectivity index (χ1n) is 6.04. The Kier molecular flexibility index (Phi) is 4.14. The molecule has 0 saturated heterocycles. The molecule has 0 aliphatic heterocycles. The van der Waals surface area contributed by atoms with Crippen LogP contribution in [0.4, 0.5) is 8.78 Å². The van der Waals surface area contributed by atoms with Gasteiger partial charge in [-0.15, -0.1) is 11.3 Å². The number of halogens is 4. The van der Waals surface area contributed by atoms with Gasteiger partial charge in [0.05, 0.1) is 6.04 Å². The van der Waals surface area contributed by atoms with Gasteiger partial charge in [-0.05, 0) is 50.5 Å². The molecule has 1 nitrogen and oxygen atoms in total. The summed E-state index contributed by atoms with van der Waals surface area (Å²) in [5.74, 6) is -1.30. The maximum absolute atomic E-state index is 14.1. The predicted octanol–water partition coefficient (Wildman–Crippen LogP) is 5.75. The average Bonchev–Trinajstić information content (AvgIpc) is 2.82. The summed E-state index contributed by atoms with van der Waals surface area (Å²) in [6, 6.07) is 7.31. The lowest BCUT2D eigenvalue weighted by Gasteiger charge is -2.14. The van der Waals surface area contributed by atoms with Crippen molar-refractivity contribution in [2.75, 3.05) is 0 Å². The number of benzene rings is 2. The van der Waals surface area contributed by atoms with Crippen LogP contribution in [-0.2, 0) is 0 Å². The highest BCUT2D eigenvalue weighted by Gasteiger charge is 2.22. The van der Waals surface area contributed by atoms with E-state index < -0.39 is 17.7 Å². The second-order valence-corrected chi connectivity index (χ2v) is 7.22. The second-order valence-electron chi connectivity index (χ2n) is 4.57. The van der Waals surface area contributed by atoms with Crippen LogP contribution in [0.15, 0.2) is 44.7 Å². The number of thiophene rings is 1. The van der Waals surface area contributed by atoms with E-state index in [1.54, 1.807) is 0 Å². The molecule has 2 N–H and O–H groups in total. The molecule has 108 valence electrons. The smallest absolute Gasteiger partial charge is 0.132 e. The molecule has 1 unspecified atom stereocenters. The Morgan fingerprint density at radius 2 is 1.76 bits per heavy atom. The number of rotatable bonds is 2. The molecule has 0 saturated carbocycles. The lowest BCUT2D eigenvalue weighted by molar-refractivity contribution is 0.543. The Balaban J connectivity index is 2.18. The van der Waals surface area contributed by atoms with E-state index in [4.69, 9.17) is 5.73 Å². The lowest BCUT2D eigenvalue weighted by Crippen LogP contribution is -2.15. The zero-order valence-corrected chi connectivity index (χ0v) is 14.5. The third-order valence-corrected chi connectivity index (χ3v) is 5.70. The molecule has 6 heteroatoms. The van der Waals surface area contributed by atoms with Gasteiger partial charge in [0.2, 0.25) is 0 Å². The largest absolute Gasteiger partial charge is 0.320 e. The van der Waals surface area contributed by atoms with Gasteiger partial charge in [-0.2, -0.15) is 0 Å². The highest BCUT2D eigenvalue weighted by Crippen LogP contribution is 2.37. The average molecular weight is 433 g/mol. The summed E-state index contributed by atoms with van der Waals surface area (Å²) in [4.78, 5) is 0. The lowest BCUT2D eigenvalue weighted by atomic mass is 9.98. The fourth-order valence-corrected chi connectivity index (χ4v) is 4.35. The molecule has 1 heterocycles. The maximum atomic E-state index is 14.1. The van der Waals surface area contributed by atoms with E-state index in [0.29, 0.717) is 4.47 Å². The number of hydrogen-bond donors (Lipinski definition) is 1. The van der Waals surface area contributed by atoms with Crippen molar-refractivity contribution < 1.29 is 8.78 Å². The fourth-order valence-electron chi connectivity index (χ4n) is 2.29. The summed E-state index contributed by atoms with van der Waals surface area (Å²) in [7, 11) is 0. The van der Waals surface area contributed by atoms with Crippen molar-refractivity contribution in [2.24, 2.45) is 5.73 Å². The Labute approximate surface area is 141 Å². The summed E-state index contributed by atoms with van der Waals surface area (Å²) >= 11 is 8.04. The Hall–Kier alpha value is -0.820.